The maximum Gasteiger partial charge on any atom is 0.355 e. The Kier molecular flexibility index (Phi) is 4.05. The highest BCUT2D eigenvalue weighted by Gasteiger charge is 2.18. The summed E-state index contributed by atoms with van der Waals surface area (Å²) in [4.78, 5) is 15.0. The first-order valence-corrected chi connectivity index (χ1v) is 6.61. The SMILES string of the molecule is CCOC(=O)c1[nH]cc(CC)c1-c1ccc(C)cc1. The van der Waals surface area contributed by atoms with Crippen molar-refractivity contribution in [2.45, 2.75) is 27.2 Å². The highest BCUT2D eigenvalue weighted by molar-refractivity contribution is 5.96. The van der Waals surface area contributed by atoms with Crippen molar-refractivity contribution in [2.75, 3.05) is 6.61 Å². The van der Waals surface area contributed by atoms with E-state index in [9.17, 15) is 4.79 Å². The second-order valence-corrected chi connectivity index (χ2v) is 4.50. The van der Waals surface area contributed by atoms with Crippen molar-refractivity contribution >= 4 is 5.97 Å². The topological polar surface area (TPSA) is 42.1 Å². The van der Waals surface area contributed by atoms with Crippen LogP contribution in [0.3, 0.4) is 0 Å². The van der Waals surface area contributed by atoms with Crippen molar-refractivity contribution in [2.24, 2.45) is 0 Å². The van der Waals surface area contributed by atoms with Gasteiger partial charge in [0.1, 0.15) is 5.69 Å². The summed E-state index contributed by atoms with van der Waals surface area (Å²) in [6.45, 7) is 6.32. The third-order valence-corrected chi connectivity index (χ3v) is 3.16. The Morgan fingerprint density at radius 2 is 1.89 bits per heavy atom. The molecule has 0 amide bonds. The maximum absolute atomic E-state index is 12.0. The zero-order valence-corrected chi connectivity index (χ0v) is 11.6. The maximum atomic E-state index is 12.0. The molecule has 0 fully saturated rings. The van der Waals surface area contributed by atoms with Crippen LogP contribution < -0.4 is 0 Å². The number of ether oxygens (including phenoxy) is 1. The van der Waals surface area contributed by atoms with Crippen LogP contribution in [0.1, 0.15) is 35.5 Å². The van der Waals surface area contributed by atoms with Crippen molar-refractivity contribution in [3.8, 4) is 11.1 Å². The highest BCUT2D eigenvalue weighted by Crippen LogP contribution is 2.29. The van der Waals surface area contributed by atoms with Crippen LogP contribution in [0.2, 0.25) is 0 Å². The van der Waals surface area contributed by atoms with E-state index in [0.29, 0.717) is 12.3 Å². The molecule has 3 heteroatoms. The number of carbonyl (C=O) groups is 1. The van der Waals surface area contributed by atoms with Gasteiger partial charge in [-0.15, -0.1) is 0 Å². The lowest BCUT2D eigenvalue weighted by molar-refractivity contribution is 0.0521. The third-order valence-electron chi connectivity index (χ3n) is 3.16. The molecule has 0 saturated carbocycles. The van der Waals surface area contributed by atoms with Gasteiger partial charge in [0.15, 0.2) is 0 Å². The van der Waals surface area contributed by atoms with Crippen LogP contribution in [0.5, 0.6) is 0 Å². The normalized spacial score (nSPS) is 10.5. The molecule has 0 saturated heterocycles. The molecule has 0 unspecified atom stereocenters. The van der Waals surface area contributed by atoms with E-state index >= 15 is 0 Å². The van der Waals surface area contributed by atoms with Gasteiger partial charge >= 0.3 is 5.97 Å². The number of H-pyrrole nitrogens is 1. The fourth-order valence-corrected chi connectivity index (χ4v) is 2.16. The fraction of sp³-hybridized carbons (Fsp3) is 0.312. The first-order chi connectivity index (χ1) is 9.17. The third kappa shape index (κ3) is 2.70. The minimum atomic E-state index is -0.294. The predicted molar refractivity (Wildman–Crippen MR) is 76.3 cm³/mol. The molecule has 1 aromatic carbocycles. The lowest BCUT2D eigenvalue weighted by atomic mass is 9.99. The van der Waals surface area contributed by atoms with E-state index in [4.69, 9.17) is 4.74 Å². The Bertz CT molecular complexity index is 567. The summed E-state index contributed by atoms with van der Waals surface area (Å²) in [5, 5.41) is 0. The van der Waals surface area contributed by atoms with Crippen molar-refractivity contribution in [3.05, 3.63) is 47.3 Å². The van der Waals surface area contributed by atoms with Gasteiger partial charge in [-0.25, -0.2) is 4.79 Å². The van der Waals surface area contributed by atoms with Crippen molar-refractivity contribution in [3.63, 3.8) is 0 Å². The predicted octanol–water partition coefficient (Wildman–Crippen LogP) is 3.73. The van der Waals surface area contributed by atoms with Crippen molar-refractivity contribution in [1.29, 1.82) is 0 Å². The average Bonchev–Trinajstić information content (AvgIpc) is 2.83. The van der Waals surface area contributed by atoms with Gasteiger partial charge in [-0.2, -0.15) is 0 Å². The number of hydrogen-bond acceptors (Lipinski definition) is 2. The number of aromatic nitrogens is 1. The largest absolute Gasteiger partial charge is 0.461 e. The smallest absolute Gasteiger partial charge is 0.355 e. The molecule has 1 aromatic heterocycles. The van der Waals surface area contributed by atoms with Crippen molar-refractivity contribution in [1.82, 2.24) is 4.98 Å². The molecule has 0 aliphatic heterocycles. The van der Waals surface area contributed by atoms with Gasteiger partial charge in [0.25, 0.3) is 0 Å². The Morgan fingerprint density at radius 3 is 2.47 bits per heavy atom. The first-order valence-electron chi connectivity index (χ1n) is 6.61. The van der Waals surface area contributed by atoms with Crippen LogP contribution in [-0.2, 0) is 11.2 Å². The summed E-state index contributed by atoms with van der Waals surface area (Å²) in [6, 6.07) is 8.19. The molecule has 0 aliphatic rings. The monoisotopic (exact) mass is 257 g/mol. The first kappa shape index (κ1) is 13.4. The van der Waals surface area contributed by atoms with E-state index in [-0.39, 0.29) is 5.97 Å². The average molecular weight is 257 g/mol. The van der Waals surface area contributed by atoms with Gasteiger partial charge in [0, 0.05) is 11.8 Å². The molecule has 1 N–H and O–H groups in total. The quantitative estimate of drug-likeness (QED) is 0.848. The fourth-order valence-electron chi connectivity index (χ4n) is 2.16. The molecule has 1 heterocycles. The lowest BCUT2D eigenvalue weighted by Crippen LogP contribution is -2.06. The van der Waals surface area contributed by atoms with Gasteiger partial charge in [-0.1, -0.05) is 36.8 Å². The molecule has 2 rings (SSSR count). The minimum Gasteiger partial charge on any atom is -0.461 e. The molecule has 3 nitrogen and oxygen atoms in total. The summed E-state index contributed by atoms with van der Waals surface area (Å²) >= 11 is 0. The van der Waals surface area contributed by atoms with Crippen LogP contribution in [0.4, 0.5) is 0 Å². The summed E-state index contributed by atoms with van der Waals surface area (Å²) in [5.74, 6) is -0.294. The molecule has 19 heavy (non-hydrogen) atoms. The van der Waals surface area contributed by atoms with Crippen LogP contribution in [-0.4, -0.2) is 17.6 Å². The standard InChI is InChI=1S/C16H19NO2/c1-4-12-10-17-15(16(18)19-5-2)14(12)13-8-6-11(3)7-9-13/h6-10,17H,4-5H2,1-3H3. The number of nitrogens with one attached hydrogen (secondary N) is 1. The summed E-state index contributed by atoms with van der Waals surface area (Å²) in [6.07, 6.45) is 2.76. The van der Waals surface area contributed by atoms with Gasteiger partial charge in [-0.05, 0) is 31.4 Å². The van der Waals surface area contributed by atoms with Gasteiger partial charge in [0.2, 0.25) is 0 Å². The second-order valence-electron chi connectivity index (χ2n) is 4.50. The Hall–Kier alpha value is -2.03. The summed E-state index contributed by atoms with van der Waals surface area (Å²) < 4.78 is 5.10. The summed E-state index contributed by atoms with van der Waals surface area (Å²) in [7, 11) is 0. The van der Waals surface area contributed by atoms with E-state index in [2.05, 4.69) is 24.0 Å². The zero-order chi connectivity index (χ0) is 13.8. The Labute approximate surface area is 113 Å². The van der Waals surface area contributed by atoms with Crippen LogP contribution in [0, 0.1) is 6.92 Å². The Balaban J connectivity index is 2.50. The molecule has 2 aromatic rings. The molecule has 0 atom stereocenters. The lowest BCUT2D eigenvalue weighted by Gasteiger charge is -2.07. The highest BCUT2D eigenvalue weighted by atomic mass is 16.5. The number of rotatable bonds is 4. The molecule has 0 radical (unpaired) electrons. The van der Waals surface area contributed by atoms with E-state index in [1.54, 1.807) is 0 Å². The number of aryl methyl sites for hydroxylation is 2. The molecule has 0 aliphatic carbocycles. The number of aromatic amines is 1. The molecule has 100 valence electrons. The number of esters is 1. The van der Waals surface area contributed by atoms with E-state index in [0.717, 1.165) is 23.1 Å². The molecular weight excluding hydrogens is 238 g/mol. The van der Waals surface area contributed by atoms with E-state index in [1.807, 2.05) is 32.2 Å². The molecule has 0 spiro atoms. The Morgan fingerprint density at radius 1 is 1.21 bits per heavy atom. The van der Waals surface area contributed by atoms with Gasteiger partial charge in [-0.3, -0.25) is 0 Å². The minimum absolute atomic E-state index is 0.294. The van der Waals surface area contributed by atoms with Crippen LogP contribution in [0.15, 0.2) is 30.5 Å². The number of benzene rings is 1. The number of hydrogen-bond donors (Lipinski definition) is 1. The second kappa shape index (κ2) is 5.74. The molecule has 0 bridgehead atoms. The van der Waals surface area contributed by atoms with E-state index in [1.165, 1.54) is 5.56 Å². The molecular formula is C16H19NO2. The zero-order valence-electron chi connectivity index (χ0n) is 11.6. The van der Waals surface area contributed by atoms with Gasteiger partial charge in [0.05, 0.1) is 6.61 Å². The van der Waals surface area contributed by atoms with Gasteiger partial charge < -0.3 is 9.72 Å². The summed E-state index contributed by atoms with van der Waals surface area (Å²) in [5.41, 5.74) is 4.89. The van der Waals surface area contributed by atoms with Crippen molar-refractivity contribution < 1.29 is 9.53 Å². The number of carbonyl (C=O) groups excluding carboxylic acids is 1. The van der Waals surface area contributed by atoms with Crippen LogP contribution in [0.25, 0.3) is 11.1 Å². The van der Waals surface area contributed by atoms with E-state index < -0.39 is 0 Å². The van der Waals surface area contributed by atoms with Crippen LogP contribution >= 0.6 is 0 Å².